The molecule has 1 amide bonds. The fraction of sp³-hybridized carbons (Fsp3) is 0.769. The van der Waals surface area contributed by atoms with E-state index < -0.39 is 29.5 Å². The molecule has 0 aliphatic carbocycles. The first-order valence-corrected chi connectivity index (χ1v) is 6.41. The van der Waals surface area contributed by atoms with Crippen LogP contribution in [0.5, 0.6) is 0 Å². The van der Waals surface area contributed by atoms with Crippen molar-refractivity contribution in [3.8, 4) is 0 Å². The fourth-order valence-corrected chi connectivity index (χ4v) is 2.08. The van der Waals surface area contributed by atoms with Crippen molar-refractivity contribution in [2.75, 3.05) is 6.54 Å². The quantitative estimate of drug-likeness (QED) is 0.772. The summed E-state index contributed by atoms with van der Waals surface area (Å²) in [5.74, 6) is -2.52. The number of carbonyl (C=O) groups excluding carboxylic acids is 2. The lowest BCUT2D eigenvalue weighted by atomic mass is 10.1. The Morgan fingerprint density at radius 1 is 1.47 bits per heavy atom. The SMILES string of the molecule is CC[C@@H](C(=O)OC(C)(C)C)N1CC(C(=O)O)CC1=O. The molecule has 1 aliphatic heterocycles. The third kappa shape index (κ3) is 3.94. The molecular formula is C13H21NO5. The molecule has 1 unspecified atom stereocenters. The number of likely N-dealkylation sites (tertiary alicyclic amines) is 1. The minimum Gasteiger partial charge on any atom is -0.481 e. The number of esters is 1. The van der Waals surface area contributed by atoms with Crippen LogP contribution in [0.3, 0.4) is 0 Å². The highest BCUT2D eigenvalue weighted by Crippen LogP contribution is 2.23. The van der Waals surface area contributed by atoms with Crippen LogP contribution in [0.1, 0.15) is 40.5 Å². The molecule has 1 saturated heterocycles. The average Bonchev–Trinajstić information content (AvgIpc) is 2.59. The zero-order valence-corrected chi connectivity index (χ0v) is 11.8. The predicted octanol–water partition coefficient (Wildman–Crippen LogP) is 1.04. The van der Waals surface area contributed by atoms with E-state index in [1.807, 2.05) is 0 Å². The van der Waals surface area contributed by atoms with Gasteiger partial charge in [-0.15, -0.1) is 0 Å². The van der Waals surface area contributed by atoms with Gasteiger partial charge in [0, 0.05) is 13.0 Å². The lowest BCUT2D eigenvalue weighted by Gasteiger charge is -2.29. The van der Waals surface area contributed by atoms with Gasteiger partial charge in [-0.1, -0.05) is 6.92 Å². The number of hydrogen-bond acceptors (Lipinski definition) is 4. The lowest BCUT2D eigenvalue weighted by molar-refractivity contribution is -0.164. The summed E-state index contributed by atoms with van der Waals surface area (Å²) >= 11 is 0. The van der Waals surface area contributed by atoms with Gasteiger partial charge in [-0.2, -0.15) is 0 Å². The van der Waals surface area contributed by atoms with Gasteiger partial charge in [-0.05, 0) is 27.2 Å². The highest BCUT2D eigenvalue weighted by atomic mass is 16.6. The second-order valence-corrected chi connectivity index (χ2v) is 5.74. The van der Waals surface area contributed by atoms with Gasteiger partial charge in [0.05, 0.1) is 5.92 Å². The summed E-state index contributed by atoms with van der Waals surface area (Å²) < 4.78 is 5.27. The van der Waals surface area contributed by atoms with Crippen molar-refractivity contribution in [3.63, 3.8) is 0 Å². The van der Waals surface area contributed by atoms with Crippen molar-refractivity contribution >= 4 is 17.8 Å². The Morgan fingerprint density at radius 3 is 2.42 bits per heavy atom. The number of nitrogens with zero attached hydrogens (tertiary/aromatic N) is 1. The van der Waals surface area contributed by atoms with Gasteiger partial charge in [0.1, 0.15) is 11.6 Å². The van der Waals surface area contributed by atoms with E-state index in [0.29, 0.717) is 6.42 Å². The fourth-order valence-electron chi connectivity index (χ4n) is 2.08. The first-order chi connectivity index (χ1) is 8.65. The first-order valence-electron chi connectivity index (χ1n) is 6.41. The molecule has 0 bridgehead atoms. The maximum Gasteiger partial charge on any atom is 0.329 e. The van der Waals surface area contributed by atoms with Crippen molar-refractivity contribution in [1.82, 2.24) is 4.90 Å². The molecule has 1 rings (SSSR count). The molecular weight excluding hydrogens is 250 g/mol. The molecule has 0 saturated carbocycles. The smallest absolute Gasteiger partial charge is 0.329 e. The van der Waals surface area contributed by atoms with Crippen molar-refractivity contribution in [2.45, 2.75) is 52.2 Å². The lowest BCUT2D eigenvalue weighted by Crippen LogP contribution is -2.45. The van der Waals surface area contributed by atoms with Gasteiger partial charge >= 0.3 is 11.9 Å². The van der Waals surface area contributed by atoms with E-state index in [-0.39, 0.29) is 18.9 Å². The van der Waals surface area contributed by atoms with Crippen molar-refractivity contribution in [1.29, 1.82) is 0 Å². The number of hydrogen-bond donors (Lipinski definition) is 1. The van der Waals surface area contributed by atoms with Gasteiger partial charge in [0.15, 0.2) is 0 Å². The number of ether oxygens (including phenoxy) is 1. The Hall–Kier alpha value is -1.59. The zero-order chi connectivity index (χ0) is 14.8. The number of rotatable bonds is 4. The first kappa shape index (κ1) is 15.5. The summed E-state index contributed by atoms with van der Waals surface area (Å²) in [5, 5.41) is 8.93. The monoisotopic (exact) mass is 271 g/mol. The van der Waals surface area contributed by atoms with E-state index in [1.54, 1.807) is 27.7 Å². The van der Waals surface area contributed by atoms with E-state index in [9.17, 15) is 14.4 Å². The number of carboxylic acids is 1. The maximum atomic E-state index is 12.0. The largest absolute Gasteiger partial charge is 0.481 e. The van der Waals surface area contributed by atoms with Crippen LogP contribution in [0.4, 0.5) is 0 Å². The third-order valence-corrected chi connectivity index (χ3v) is 2.95. The second-order valence-electron chi connectivity index (χ2n) is 5.74. The molecule has 1 aliphatic rings. The molecule has 0 aromatic rings. The molecule has 6 nitrogen and oxygen atoms in total. The molecule has 0 radical (unpaired) electrons. The summed E-state index contributed by atoms with van der Waals surface area (Å²) in [6.07, 6.45) is 0.363. The van der Waals surface area contributed by atoms with Crippen molar-refractivity contribution in [3.05, 3.63) is 0 Å². The number of carboxylic acid groups (broad SMARTS) is 1. The minimum atomic E-state index is -1.00. The third-order valence-electron chi connectivity index (χ3n) is 2.95. The van der Waals surface area contributed by atoms with Crippen LogP contribution in [0.15, 0.2) is 0 Å². The maximum absolute atomic E-state index is 12.0. The minimum absolute atomic E-state index is 0.0470. The van der Waals surface area contributed by atoms with Crippen LogP contribution in [0.2, 0.25) is 0 Å². The summed E-state index contributed by atoms with van der Waals surface area (Å²) in [6.45, 7) is 7.11. The molecule has 0 aromatic heterocycles. The standard InChI is InChI=1S/C13H21NO5/c1-5-9(12(18)19-13(2,3)4)14-7-8(11(16)17)6-10(14)15/h8-9H,5-7H2,1-4H3,(H,16,17)/t8?,9-/m0/s1. The summed E-state index contributed by atoms with van der Waals surface area (Å²) in [6, 6.07) is -0.698. The topological polar surface area (TPSA) is 83.9 Å². The highest BCUT2D eigenvalue weighted by molar-refractivity contribution is 5.90. The average molecular weight is 271 g/mol. The van der Waals surface area contributed by atoms with Crippen molar-refractivity contribution < 1.29 is 24.2 Å². The predicted molar refractivity (Wildman–Crippen MR) is 67.4 cm³/mol. The Labute approximate surface area is 112 Å². The van der Waals surface area contributed by atoms with Gasteiger partial charge in [-0.3, -0.25) is 9.59 Å². The highest BCUT2D eigenvalue weighted by Gasteiger charge is 2.41. The summed E-state index contributed by atoms with van der Waals surface area (Å²) in [4.78, 5) is 36.1. The van der Waals surface area contributed by atoms with E-state index in [4.69, 9.17) is 9.84 Å². The summed E-state index contributed by atoms with van der Waals surface area (Å²) in [7, 11) is 0. The molecule has 1 heterocycles. The zero-order valence-electron chi connectivity index (χ0n) is 11.8. The Morgan fingerprint density at radius 2 is 2.05 bits per heavy atom. The normalized spacial score (nSPS) is 21.4. The van der Waals surface area contributed by atoms with Gasteiger partial charge in [0.2, 0.25) is 5.91 Å². The van der Waals surface area contributed by atoms with Crippen molar-refractivity contribution in [2.24, 2.45) is 5.92 Å². The molecule has 19 heavy (non-hydrogen) atoms. The van der Waals surface area contributed by atoms with Crippen LogP contribution < -0.4 is 0 Å². The Kier molecular flexibility index (Phi) is 4.55. The van der Waals surface area contributed by atoms with E-state index in [1.165, 1.54) is 4.90 Å². The van der Waals surface area contributed by atoms with E-state index in [2.05, 4.69) is 0 Å². The summed E-state index contributed by atoms with van der Waals surface area (Å²) in [5.41, 5.74) is -0.626. The Balaban J connectivity index is 2.78. The molecule has 0 spiro atoms. The molecule has 1 N–H and O–H groups in total. The molecule has 2 atom stereocenters. The number of amides is 1. The second kappa shape index (κ2) is 5.59. The Bertz CT molecular complexity index is 385. The molecule has 108 valence electrons. The van der Waals surface area contributed by atoms with Gasteiger partial charge < -0.3 is 14.7 Å². The number of carbonyl (C=O) groups is 3. The van der Waals surface area contributed by atoms with E-state index in [0.717, 1.165) is 0 Å². The molecule has 6 heteroatoms. The van der Waals surface area contributed by atoms with Gasteiger partial charge in [0.25, 0.3) is 0 Å². The van der Waals surface area contributed by atoms with Crippen LogP contribution in [-0.2, 0) is 19.1 Å². The van der Waals surface area contributed by atoms with Crippen LogP contribution >= 0.6 is 0 Å². The van der Waals surface area contributed by atoms with Crippen LogP contribution in [0, 0.1) is 5.92 Å². The molecule has 0 aromatic carbocycles. The van der Waals surface area contributed by atoms with Crippen LogP contribution in [0.25, 0.3) is 0 Å². The molecule has 1 fully saturated rings. The van der Waals surface area contributed by atoms with Gasteiger partial charge in [-0.25, -0.2) is 4.79 Å². The van der Waals surface area contributed by atoms with E-state index >= 15 is 0 Å². The van der Waals surface area contributed by atoms with Crippen LogP contribution in [-0.4, -0.2) is 46.0 Å². The number of aliphatic carboxylic acids is 1.